The fraction of sp³-hybridized carbons (Fsp3) is 0.500. The summed E-state index contributed by atoms with van der Waals surface area (Å²) in [5, 5.41) is 9.14. The van der Waals surface area contributed by atoms with E-state index in [1.807, 2.05) is 26.2 Å². The third-order valence-corrected chi connectivity index (χ3v) is 6.92. The highest BCUT2D eigenvalue weighted by Crippen LogP contribution is 2.50. The first-order valence-corrected chi connectivity index (χ1v) is 13.6. The number of nitrogens with zero attached hydrogens (tertiary/aromatic N) is 1. The van der Waals surface area contributed by atoms with Crippen LogP contribution >= 0.6 is 0 Å². The first kappa shape index (κ1) is 30.7. The van der Waals surface area contributed by atoms with Crippen LogP contribution in [0.4, 0.5) is 5.69 Å². The Morgan fingerprint density at radius 1 is 1.00 bits per heavy atom. The van der Waals surface area contributed by atoms with Crippen LogP contribution in [0.2, 0.25) is 0 Å². The molecule has 0 heterocycles. The minimum atomic E-state index is -0.370. The maximum Gasteiger partial charge on any atom is 0.220 e. The van der Waals surface area contributed by atoms with Crippen molar-refractivity contribution in [2.45, 2.75) is 45.1 Å². The number of carbonyl (C=O) groups is 2. The Morgan fingerprint density at radius 3 is 2.40 bits per heavy atom. The monoisotopic (exact) mass is 554 g/mol. The van der Waals surface area contributed by atoms with E-state index in [4.69, 9.17) is 14.2 Å². The van der Waals surface area contributed by atoms with Gasteiger partial charge in [0.25, 0.3) is 0 Å². The lowest BCUT2D eigenvalue weighted by molar-refractivity contribution is -0.121. The average molecular weight is 555 g/mol. The second-order valence-electron chi connectivity index (χ2n) is 10.1. The highest BCUT2D eigenvalue weighted by molar-refractivity contribution is 5.83. The standard InChI is InChI=1S/C30H42N4O6/c1-19(35)33-23-12-10-20-17-26(38-4)29(39-5)30(40-6)28(20)21-11-13-24(25(36)18-22(21)23)31-14-7-9-27(37)32-15-8-16-34(2)3/h11,13,17-18,23H,7-10,12,14-16H2,1-6H3,(H,31,36)(H,32,37)(H,33,35). The lowest BCUT2D eigenvalue weighted by Crippen LogP contribution is -2.27. The Labute approximate surface area is 236 Å². The maximum atomic E-state index is 13.3. The predicted octanol–water partition coefficient (Wildman–Crippen LogP) is 3.12. The van der Waals surface area contributed by atoms with Gasteiger partial charge >= 0.3 is 0 Å². The number of carbonyl (C=O) groups excluding carboxylic acids is 2. The van der Waals surface area contributed by atoms with Gasteiger partial charge in [-0.2, -0.15) is 0 Å². The van der Waals surface area contributed by atoms with Crippen LogP contribution in [-0.2, 0) is 16.0 Å². The number of ether oxygens (including phenoxy) is 3. The minimum absolute atomic E-state index is 0.000499. The van der Waals surface area contributed by atoms with Crippen LogP contribution < -0.4 is 35.6 Å². The SMILES string of the molecule is COc1cc2c(c(OC)c1OC)-c1ccc(NCCCC(=O)NCCCN(C)C)c(=O)cc1C(NC(C)=O)CC2. The summed E-state index contributed by atoms with van der Waals surface area (Å²) >= 11 is 0. The van der Waals surface area contributed by atoms with Gasteiger partial charge in [0, 0.05) is 32.0 Å². The molecule has 1 aliphatic rings. The first-order valence-electron chi connectivity index (χ1n) is 13.6. The lowest BCUT2D eigenvalue weighted by atomic mass is 9.95. The van der Waals surface area contributed by atoms with Crippen molar-refractivity contribution in [3.63, 3.8) is 0 Å². The number of hydrogen-bond acceptors (Lipinski definition) is 8. The molecule has 0 saturated carbocycles. The fourth-order valence-corrected chi connectivity index (χ4v) is 5.04. The Hall–Kier alpha value is -3.79. The zero-order valence-electron chi connectivity index (χ0n) is 24.4. The number of aryl methyl sites for hydroxylation is 1. The van der Waals surface area contributed by atoms with Crippen molar-refractivity contribution in [3.8, 4) is 28.4 Å². The summed E-state index contributed by atoms with van der Waals surface area (Å²) in [6.07, 6.45) is 3.07. The van der Waals surface area contributed by atoms with Gasteiger partial charge in [0.1, 0.15) is 0 Å². The number of rotatable bonds is 13. The molecule has 218 valence electrons. The number of methoxy groups -OCH3 is 3. The molecule has 10 heteroatoms. The van der Waals surface area contributed by atoms with Crippen molar-refractivity contribution in [3.05, 3.63) is 45.6 Å². The fourth-order valence-electron chi connectivity index (χ4n) is 5.04. The van der Waals surface area contributed by atoms with Crippen molar-refractivity contribution in [2.24, 2.45) is 0 Å². The molecule has 0 aliphatic heterocycles. The van der Waals surface area contributed by atoms with E-state index in [1.165, 1.54) is 6.92 Å². The third kappa shape index (κ3) is 7.65. The second kappa shape index (κ2) is 14.6. The molecule has 3 N–H and O–H groups in total. The van der Waals surface area contributed by atoms with Crippen LogP contribution in [-0.4, -0.2) is 71.8 Å². The Kier molecular flexibility index (Phi) is 11.2. The Bertz CT molecular complexity index is 1260. The second-order valence-corrected chi connectivity index (χ2v) is 10.1. The van der Waals surface area contributed by atoms with Gasteiger partial charge in [-0.05, 0) is 81.2 Å². The number of amides is 2. The summed E-state index contributed by atoms with van der Waals surface area (Å²) in [7, 11) is 8.70. The van der Waals surface area contributed by atoms with E-state index in [1.54, 1.807) is 33.5 Å². The Balaban J connectivity index is 1.90. The smallest absolute Gasteiger partial charge is 0.220 e. The zero-order valence-corrected chi connectivity index (χ0v) is 24.4. The predicted molar refractivity (Wildman–Crippen MR) is 157 cm³/mol. The molecule has 2 aromatic rings. The largest absolute Gasteiger partial charge is 0.493 e. The topological polar surface area (TPSA) is 118 Å². The average Bonchev–Trinajstić information content (AvgIpc) is 3.16. The van der Waals surface area contributed by atoms with Crippen molar-refractivity contribution in [1.82, 2.24) is 15.5 Å². The van der Waals surface area contributed by atoms with Gasteiger partial charge in [-0.25, -0.2) is 0 Å². The molecule has 3 rings (SSSR count). The van der Waals surface area contributed by atoms with Crippen molar-refractivity contribution < 1.29 is 23.8 Å². The number of anilines is 1. The molecule has 1 aliphatic carbocycles. The molecular weight excluding hydrogens is 512 g/mol. The van der Waals surface area contributed by atoms with Gasteiger partial charge in [0.2, 0.25) is 23.0 Å². The molecule has 0 spiro atoms. The van der Waals surface area contributed by atoms with Crippen LogP contribution in [0.3, 0.4) is 0 Å². The van der Waals surface area contributed by atoms with Gasteiger partial charge in [-0.15, -0.1) is 0 Å². The van der Waals surface area contributed by atoms with Crippen molar-refractivity contribution >= 4 is 17.5 Å². The molecule has 40 heavy (non-hydrogen) atoms. The summed E-state index contributed by atoms with van der Waals surface area (Å²) in [5.74, 6) is 1.33. The van der Waals surface area contributed by atoms with Crippen LogP contribution in [0.25, 0.3) is 11.1 Å². The van der Waals surface area contributed by atoms with Gasteiger partial charge < -0.3 is 35.1 Å². The summed E-state index contributed by atoms with van der Waals surface area (Å²) in [4.78, 5) is 39.7. The molecule has 2 aromatic carbocycles. The van der Waals surface area contributed by atoms with Crippen molar-refractivity contribution in [1.29, 1.82) is 0 Å². The van der Waals surface area contributed by atoms with Crippen LogP contribution in [0.15, 0.2) is 29.1 Å². The number of nitrogens with one attached hydrogen (secondary N) is 3. The summed E-state index contributed by atoms with van der Waals surface area (Å²) < 4.78 is 17.0. The normalized spacial score (nSPS) is 13.9. The molecule has 1 atom stereocenters. The minimum Gasteiger partial charge on any atom is -0.493 e. The molecule has 0 aromatic heterocycles. The van der Waals surface area contributed by atoms with Gasteiger partial charge in [0.15, 0.2) is 11.5 Å². The third-order valence-electron chi connectivity index (χ3n) is 6.92. The highest BCUT2D eigenvalue weighted by Gasteiger charge is 2.29. The summed E-state index contributed by atoms with van der Waals surface area (Å²) in [6, 6.07) is 6.77. The summed E-state index contributed by atoms with van der Waals surface area (Å²) in [5.41, 5.74) is 3.46. The molecule has 2 amide bonds. The van der Waals surface area contributed by atoms with E-state index in [9.17, 15) is 14.4 Å². The quantitative estimate of drug-likeness (QED) is 0.323. The van der Waals surface area contributed by atoms with Gasteiger partial charge in [-0.1, -0.05) is 6.07 Å². The molecule has 1 unspecified atom stereocenters. The van der Waals surface area contributed by atoms with E-state index in [-0.39, 0.29) is 23.3 Å². The highest BCUT2D eigenvalue weighted by atomic mass is 16.5. The molecular formula is C30H42N4O6. The molecule has 10 nitrogen and oxygen atoms in total. The van der Waals surface area contributed by atoms with Gasteiger partial charge in [0.05, 0.1) is 33.1 Å². The molecule has 0 fully saturated rings. The lowest BCUT2D eigenvalue weighted by Gasteiger charge is -2.19. The molecule has 0 saturated heterocycles. The van der Waals surface area contributed by atoms with Crippen LogP contribution in [0.1, 0.15) is 49.8 Å². The maximum absolute atomic E-state index is 13.3. The molecule has 0 bridgehead atoms. The zero-order chi connectivity index (χ0) is 29.2. The van der Waals surface area contributed by atoms with Crippen molar-refractivity contribution in [2.75, 3.05) is 60.4 Å². The molecule has 0 radical (unpaired) electrons. The number of hydrogen-bond donors (Lipinski definition) is 3. The van der Waals surface area contributed by atoms with E-state index in [0.29, 0.717) is 67.3 Å². The van der Waals surface area contributed by atoms with E-state index >= 15 is 0 Å². The number of benzene rings is 1. The van der Waals surface area contributed by atoms with E-state index < -0.39 is 0 Å². The summed E-state index contributed by atoms with van der Waals surface area (Å²) in [6.45, 7) is 3.50. The van der Waals surface area contributed by atoms with E-state index in [2.05, 4.69) is 20.9 Å². The van der Waals surface area contributed by atoms with Gasteiger partial charge in [-0.3, -0.25) is 14.4 Å². The first-order chi connectivity index (χ1) is 19.2. The Morgan fingerprint density at radius 2 is 1.75 bits per heavy atom. The van der Waals surface area contributed by atoms with E-state index in [0.717, 1.165) is 29.7 Å². The van der Waals surface area contributed by atoms with Crippen LogP contribution in [0.5, 0.6) is 17.2 Å². The van der Waals surface area contributed by atoms with Crippen LogP contribution in [0, 0.1) is 0 Å². The number of fused-ring (bicyclic) bond motifs is 3.